The molecule has 3 aromatic carbocycles. The lowest BCUT2D eigenvalue weighted by molar-refractivity contribution is 0.183. The van der Waals surface area contributed by atoms with Gasteiger partial charge in [-0.1, -0.05) is 55.5 Å². The first-order valence-electron chi connectivity index (χ1n) is 12.5. The van der Waals surface area contributed by atoms with E-state index in [1.807, 2.05) is 24.3 Å². The number of benzene rings is 3. The van der Waals surface area contributed by atoms with E-state index in [0.717, 1.165) is 58.4 Å². The van der Waals surface area contributed by atoms with Gasteiger partial charge in [0.2, 0.25) is 0 Å². The molecule has 0 amide bonds. The maximum Gasteiger partial charge on any atom is 0.161 e. The Morgan fingerprint density at radius 1 is 0.829 bits per heavy atom. The number of rotatable bonds is 6. The molecule has 6 rings (SSSR count). The highest BCUT2D eigenvalue weighted by Crippen LogP contribution is 2.39. The molecule has 0 saturated carbocycles. The van der Waals surface area contributed by atoms with Gasteiger partial charge in [-0.05, 0) is 62.3 Å². The van der Waals surface area contributed by atoms with E-state index in [1.165, 1.54) is 32.4 Å². The van der Waals surface area contributed by atoms with Crippen molar-refractivity contribution in [3.63, 3.8) is 0 Å². The lowest BCUT2D eigenvalue weighted by Crippen LogP contribution is -2.33. The Kier molecular flexibility index (Phi) is 5.84. The molecule has 2 aliphatic heterocycles. The Bertz CT molecular complexity index is 1360. The molecule has 0 bridgehead atoms. The lowest BCUT2D eigenvalue weighted by atomic mass is 10.1. The zero-order valence-corrected chi connectivity index (χ0v) is 19.9. The minimum atomic E-state index is 0.717. The zero-order chi connectivity index (χ0) is 23.6. The van der Waals surface area contributed by atoms with Crippen molar-refractivity contribution in [2.24, 2.45) is 0 Å². The standard InChI is InChI=1S/C30H30N4O/c1-23-30-31-27-12-6-7-13-28(27)33(30)22-29(24-10-4-2-5-11-24)34(23)25-14-16-26(17-15-25)35-21-20-32-18-8-3-9-19-32/h2,4-7,10-17,22H,1,3,8-9,18-21H2. The predicted octanol–water partition coefficient (Wildman–Crippen LogP) is 6.35. The number of imidazole rings is 1. The lowest BCUT2D eigenvalue weighted by Gasteiger charge is -2.33. The highest BCUT2D eigenvalue weighted by molar-refractivity contribution is 6.02. The summed E-state index contributed by atoms with van der Waals surface area (Å²) in [6.07, 6.45) is 6.13. The molecule has 1 aromatic heterocycles. The van der Waals surface area contributed by atoms with Crippen LogP contribution >= 0.6 is 0 Å². The van der Waals surface area contributed by atoms with E-state index in [0.29, 0.717) is 0 Å². The molecule has 0 spiro atoms. The number of aromatic nitrogens is 2. The predicted molar refractivity (Wildman–Crippen MR) is 144 cm³/mol. The molecule has 0 aliphatic carbocycles. The van der Waals surface area contributed by atoms with Crippen LogP contribution in [0.4, 0.5) is 5.69 Å². The Labute approximate surface area is 206 Å². The van der Waals surface area contributed by atoms with Gasteiger partial charge in [-0.2, -0.15) is 0 Å². The van der Waals surface area contributed by atoms with Crippen LogP contribution in [-0.4, -0.2) is 40.7 Å². The third kappa shape index (κ3) is 4.24. The maximum atomic E-state index is 6.07. The number of ether oxygens (including phenoxy) is 1. The van der Waals surface area contributed by atoms with Crippen LogP contribution < -0.4 is 9.64 Å². The van der Waals surface area contributed by atoms with Crippen molar-refractivity contribution in [1.82, 2.24) is 14.5 Å². The topological polar surface area (TPSA) is 33.5 Å². The van der Waals surface area contributed by atoms with Crippen molar-refractivity contribution in [3.8, 4) is 5.75 Å². The minimum absolute atomic E-state index is 0.717. The van der Waals surface area contributed by atoms with Crippen LogP contribution in [0.5, 0.6) is 5.75 Å². The fourth-order valence-electron chi connectivity index (χ4n) is 5.08. The molecule has 5 heteroatoms. The van der Waals surface area contributed by atoms with E-state index in [-0.39, 0.29) is 0 Å². The quantitative estimate of drug-likeness (QED) is 0.334. The summed E-state index contributed by atoms with van der Waals surface area (Å²) >= 11 is 0. The van der Waals surface area contributed by atoms with Crippen molar-refractivity contribution < 1.29 is 4.74 Å². The Morgan fingerprint density at radius 2 is 1.57 bits per heavy atom. The van der Waals surface area contributed by atoms with Crippen molar-refractivity contribution >= 4 is 34.3 Å². The van der Waals surface area contributed by atoms with Crippen molar-refractivity contribution in [2.75, 3.05) is 31.1 Å². The second kappa shape index (κ2) is 9.43. The van der Waals surface area contributed by atoms with Gasteiger partial charge in [-0.3, -0.25) is 9.47 Å². The first kappa shape index (κ1) is 21.7. The van der Waals surface area contributed by atoms with Crippen LogP contribution in [0.2, 0.25) is 0 Å². The summed E-state index contributed by atoms with van der Waals surface area (Å²) in [5, 5.41) is 0. The summed E-state index contributed by atoms with van der Waals surface area (Å²) < 4.78 is 8.22. The Morgan fingerprint density at radius 3 is 2.37 bits per heavy atom. The van der Waals surface area contributed by atoms with E-state index in [1.54, 1.807) is 0 Å². The fraction of sp³-hybridized carbons (Fsp3) is 0.233. The van der Waals surface area contributed by atoms with Crippen LogP contribution in [0.15, 0.2) is 85.4 Å². The van der Waals surface area contributed by atoms with Gasteiger partial charge in [0.15, 0.2) is 5.82 Å². The number of piperidine rings is 1. The van der Waals surface area contributed by atoms with Gasteiger partial charge < -0.3 is 9.64 Å². The summed E-state index contributed by atoms with van der Waals surface area (Å²) in [7, 11) is 0. The third-order valence-corrected chi connectivity index (χ3v) is 6.91. The van der Waals surface area contributed by atoms with Gasteiger partial charge in [0.05, 0.1) is 22.4 Å². The van der Waals surface area contributed by atoms with E-state index in [4.69, 9.17) is 9.72 Å². The van der Waals surface area contributed by atoms with E-state index in [9.17, 15) is 0 Å². The summed E-state index contributed by atoms with van der Waals surface area (Å²) in [6.45, 7) is 8.56. The second-order valence-electron chi connectivity index (χ2n) is 9.20. The number of fused-ring (bicyclic) bond motifs is 3. The number of likely N-dealkylation sites (tertiary alicyclic amines) is 1. The van der Waals surface area contributed by atoms with Crippen LogP contribution in [0.3, 0.4) is 0 Å². The van der Waals surface area contributed by atoms with Crippen LogP contribution in [0.1, 0.15) is 30.7 Å². The normalized spacial score (nSPS) is 16.3. The monoisotopic (exact) mass is 462 g/mol. The molecule has 1 saturated heterocycles. The SMILES string of the molecule is C=C1c2nc3ccccc3n2C=C(c2ccccc2)N1c1ccc(OCCN2CCCCC2)cc1. The number of anilines is 1. The zero-order valence-electron chi connectivity index (χ0n) is 19.9. The summed E-state index contributed by atoms with van der Waals surface area (Å²) in [4.78, 5) is 9.58. The molecule has 0 atom stereocenters. The molecular formula is C30H30N4O. The largest absolute Gasteiger partial charge is 0.492 e. The van der Waals surface area contributed by atoms with Gasteiger partial charge in [-0.15, -0.1) is 0 Å². The van der Waals surface area contributed by atoms with Crippen molar-refractivity contribution in [3.05, 3.63) is 96.8 Å². The maximum absolute atomic E-state index is 6.07. The fourth-order valence-corrected chi connectivity index (χ4v) is 5.08. The van der Waals surface area contributed by atoms with E-state index in [2.05, 4.69) is 81.7 Å². The Balaban J connectivity index is 1.29. The minimum Gasteiger partial charge on any atom is -0.492 e. The third-order valence-electron chi connectivity index (χ3n) is 6.91. The second-order valence-corrected chi connectivity index (χ2v) is 9.20. The Hall–Kier alpha value is -3.83. The first-order valence-corrected chi connectivity index (χ1v) is 12.5. The van der Waals surface area contributed by atoms with Crippen LogP contribution in [0, 0.1) is 0 Å². The molecule has 4 aromatic rings. The molecular weight excluding hydrogens is 432 g/mol. The highest BCUT2D eigenvalue weighted by atomic mass is 16.5. The average Bonchev–Trinajstić information content (AvgIpc) is 3.29. The molecule has 176 valence electrons. The van der Waals surface area contributed by atoms with Crippen LogP contribution in [0.25, 0.3) is 28.6 Å². The number of nitrogens with zero attached hydrogens (tertiary/aromatic N) is 4. The van der Waals surface area contributed by atoms with Crippen molar-refractivity contribution in [2.45, 2.75) is 19.3 Å². The number of hydrogen-bond donors (Lipinski definition) is 0. The van der Waals surface area contributed by atoms with E-state index < -0.39 is 0 Å². The van der Waals surface area contributed by atoms with Gasteiger partial charge in [-0.25, -0.2) is 4.98 Å². The van der Waals surface area contributed by atoms with Gasteiger partial charge in [0, 0.05) is 24.0 Å². The van der Waals surface area contributed by atoms with E-state index >= 15 is 0 Å². The molecule has 1 fully saturated rings. The summed E-state index contributed by atoms with van der Waals surface area (Å²) in [5.41, 5.74) is 6.11. The molecule has 0 radical (unpaired) electrons. The van der Waals surface area contributed by atoms with Gasteiger partial charge in [0.1, 0.15) is 12.4 Å². The van der Waals surface area contributed by atoms with Crippen molar-refractivity contribution in [1.29, 1.82) is 0 Å². The molecule has 35 heavy (non-hydrogen) atoms. The first-order chi connectivity index (χ1) is 17.3. The summed E-state index contributed by atoms with van der Waals surface area (Å²) in [6, 6.07) is 27.0. The molecule has 2 aliphatic rings. The molecule has 5 nitrogen and oxygen atoms in total. The van der Waals surface area contributed by atoms with Crippen LogP contribution in [-0.2, 0) is 0 Å². The number of hydrogen-bond acceptors (Lipinski definition) is 4. The van der Waals surface area contributed by atoms with Gasteiger partial charge in [0.25, 0.3) is 0 Å². The average molecular weight is 463 g/mol. The van der Waals surface area contributed by atoms with Gasteiger partial charge >= 0.3 is 0 Å². The molecule has 0 N–H and O–H groups in total. The summed E-state index contributed by atoms with van der Waals surface area (Å²) in [5.74, 6) is 1.75. The smallest absolute Gasteiger partial charge is 0.161 e. The number of para-hydroxylation sites is 2. The molecule has 3 heterocycles. The highest BCUT2D eigenvalue weighted by Gasteiger charge is 2.27. The molecule has 0 unspecified atom stereocenters.